The van der Waals surface area contributed by atoms with Crippen LogP contribution in [0.1, 0.15) is 27.2 Å². The molecule has 0 aliphatic heterocycles. The molecule has 4 rings (SSSR count). The van der Waals surface area contributed by atoms with Gasteiger partial charge in [-0.25, -0.2) is 0 Å². The maximum absolute atomic E-state index is 12.7. The Bertz CT molecular complexity index is 1110. The summed E-state index contributed by atoms with van der Waals surface area (Å²) in [6, 6.07) is 13.8. The van der Waals surface area contributed by atoms with E-state index >= 15 is 0 Å². The molecule has 2 aromatic heterocycles. The number of aromatic nitrogens is 2. The molecule has 0 spiro atoms. The van der Waals surface area contributed by atoms with E-state index in [1.54, 1.807) is 0 Å². The van der Waals surface area contributed by atoms with Crippen molar-refractivity contribution < 1.29 is 9.21 Å². The minimum Gasteiger partial charge on any atom is -0.450 e. The number of rotatable bonds is 3. The van der Waals surface area contributed by atoms with E-state index in [1.165, 1.54) is 11.3 Å². The molecule has 0 radical (unpaired) electrons. The van der Waals surface area contributed by atoms with Gasteiger partial charge in [-0.3, -0.25) is 10.1 Å². The Morgan fingerprint density at radius 1 is 1.00 bits per heavy atom. The molecule has 6 heteroatoms. The van der Waals surface area contributed by atoms with E-state index in [9.17, 15) is 4.79 Å². The van der Waals surface area contributed by atoms with E-state index in [-0.39, 0.29) is 5.91 Å². The van der Waals surface area contributed by atoms with Crippen LogP contribution in [-0.4, -0.2) is 16.1 Å². The van der Waals surface area contributed by atoms with Gasteiger partial charge in [-0.15, -0.1) is 10.2 Å². The molecule has 0 fully saturated rings. The fraction of sp³-hybridized carbons (Fsp3) is 0.150. The van der Waals surface area contributed by atoms with Crippen molar-refractivity contribution in [3.63, 3.8) is 0 Å². The summed E-state index contributed by atoms with van der Waals surface area (Å²) >= 11 is 1.33. The van der Waals surface area contributed by atoms with Crippen LogP contribution in [0.25, 0.3) is 21.5 Å². The van der Waals surface area contributed by atoms with Gasteiger partial charge in [0.15, 0.2) is 5.76 Å². The third-order valence-corrected chi connectivity index (χ3v) is 5.24. The van der Waals surface area contributed by atoms with Crippen LogP contribution in [0.3, 0.4) is 0 Å². The van der Waals surface area contributed by atoms with Crippen molar-refractivity contribution in [2.24, 2.45) is 0 Å². The molecule has 0 atom stereocenters. The molecule has 0 unspecified atom stereocenters. The highest BCUT2D eigenvalue weighted by atomic mass is 32.1. The van der Waals surface area contributed by atoms with Crippen molar-refractivity contribution in [1.82, 2.24) is 10.2 Å². The number of furan rings is 1. The average Bonchev–Trinajstić information content (AvgIpc) is 3.24. The van der Waals surface area contributed by atoms with Gasteiger partial charge < -0.3 is 4.42 Å². The van der Waals surface area contributed by atoms with Gasteiger partial charge in [0, 0.05) is 16.5 Å². The topological polar surface area (TPSA) is 68.0 Å². The fourth-order valence-corrected chi connectivity index (χ4v) is 3.76. The van der Waals surface area contributed by atoms with Crippen LogP contribution < -0.4 is 5.32 Å². The third-order valence-electron chi connectivity index (χ3n) is 4.36. The van der Waals surface area contributed by atoms with Crippen molar-refractivity contribution in [3.8, 4) is 10.6 Å². The highest BCUT2D eigenvalue weighted by molar-refractivity contribution is 7.18. The van der Waals surface area contributed by atoms with Gasteiger partial charge in [0.1, 0.15) is 10.6 Å². The predicted molar refractivity (Wildman–Crippen MR) is 104 cm³/mol. The maximum Gasteiger partial charge on any atom is 0.293 e. The van der Waals surface area contributed by atoms with Crippen LogP contribution in [0.15, 0.2) is 46.9 Å². The van der Waals surface area contributed by atoms with Gasteiger partial charge in [0.05, 0.1) is 0 Å². The van der Waals surface area contributed by atoms with Crippen LogP contribution in [0, 0.1) is 20.8 Å². The molecule has 1 N–H and O–H groups in total. The molecule has 0 aliphatic rings. The van der Waals surface area contributed by atoms with Gasteiger partial charge in [-0.2, -0.15) is 0 Å². The number of aryl methyl sites for hydroxylation is 3. The molecule has 0 aliphatic carbocycles. The number of anilines is 1. The summed E-state index contributed by atoms with van der Waals surface area (Å²) in [4.78, 5) is 12.7. The Balaban J connectivity index is 1.64. The second-order valence-electron chi connectivity index (χ2n) is 6.19. The number of nitrogens with zero attached hydrogens (tertiary/aromatic N) is 2. The van der Waals surface area contributed by atoms with Crippen LogP contribution in [0.5, 0.6) is 0 Å². The monoisotopic (exact) mass is 363 g/mol. The summed E-state index contributed by atoms with van der Waals surface area (Å²) in [7, 11) is 0. The maximum atomic E-state index is 12.7. The summed E-state index contributed by atoms with van der Waals surface area (Å²) < 4.78 is 5.88. The van der Waals surface area contributed by atoms with Gasteiger partial charge in [-0.05, 0) is 31.9 Å². The van der Waals surface area contributed by atoms with Crippen LogP contribution in [0.2, 0.25) is 0 Å². The molecule has 0 saturated carbocycles. The number of carbonyl (C=O) groups is 1. The number of benzene rings is 2. The standard InChI is InChI=1S/C20H17N3O2S/c1-11-9-10-12(2)16-15(11)13(3)17(25-16)18(24)21-20-23-22-19(26-20)14-7-5-4-6-8-14/h4-10H,1-3H3,(H,21,23,24). The lowest BCUT2D eigenvalue weighted by atomic mass is 10.0. The first-order valence-corrected chi connectivity index (χ1v) is 9.06. The zero-order valence-electron chi connectivity index (χ0n) is 14.7. The highest BCUT2D eigenvalue weighted by Crippen LogP contribution is 2.32. The molecule has 0 saturated heterocycles. The van der Waals surface area contributed by atoms with Crippen molar-refractivity contribution in [2.45, 2.75) is 20.8 Å². The zero-order chi connectivity index (χ0) is 18.3. The molecule has 2 aromatic carbocycles. The Morgan fingerprint density at radius 3 is 2.46 bits per heavy atom. The number of carbonyl (C=O) groups excluding carboxylic acids is 1. The molecular weight excluding hydrogens is 346 g/mol. The average molecular weight is 363 g/mol. The highest BCUT2D eigenvalue weighted by Gasteiger charge is 2.21. The van der Waals surface area contributed by atoms with Crippen molar-refractivity contribution >= 4 is 33.3 Å². The van der Waals surface area contributed by atoms with E-state index in [0.717, 1.165) is 38.2 Å². The molecule has 5 nitrogen and oxygen atoms in total. The number of nitrogens with one attached hydrogen (secondary N) is 1. The third kappa shape index (κ3) is 2.78. The zero-order valence-corrected chi connectivity index (χ0v) is 15.5. The van der Waals surface area contributed by atoms with Gasteiger partial charge in [-0.1, -0.05) is 53.8 Å². The predicted octanol–water partition coefficient (Wildman–Crippen LogP) is 5.13. The van der Waals surface area contributed by atoms with E-state index in [4.69, 9.17) is 4.42 Å². The molecule has 26 heavy (non-hydrogen) atoms. The second-order valence-corrected chi connectivity index (χ2v) is 7.17. The van der Waals surface area contributed by atoms with Crippen LogP contribution in [-0.2, 0) is 0 Å². The summed E-state index contributed by atoms with van der Waals surface area (Å²) in [5.41, 5.74) is 4.67. The van der Waals surface area contributed by atoms with Crippen molar-refractivity contribution in [2.75, 3.05) is 5.32 Å². The minimum absolute atomic E-state index is 0.312. The van der Waals surface area contributed by atoms with Gasteiger partial charge in [0.2, 0.25) is 5.13 Å². The fourth-order valence-electron chi connectivity index (χ4n) is 3.02. The van der Waals surface area contributed by atoms with Crippen molar-refractivity contribution in [1.29, 1.82) is 0 Å². The van der Waals surface area contributed by atoms with E-state index in [0.29, 0.717) is 10.9 Å². The second kappa shape index (κ2) is 6.38. The summed E-state index contributed by atoms with van der Waals surface area (Å²) in [6.07, 6.45) is 0. The van der Waals surface area contributed by atoms with E-state index < -0.39 is 0 Å². The Hall–Kier alpha value is -2.99. The SMILES string of the molecule is Cc1ccc(C)c2c(C)c(C(=O)Nc3nnc(-c4ccccc4)s3)oc12. The number of hydrogen-bond donors (Lipinski definition) is 1. The number of fused-ring (bicyclic) bond motifs is 1. The molecule has 1 amide bonds. The lowest BCUT2D eigenvalue weighted by molar-refractivity contribution is 0.0998. The van der Waals surface area contributed by atoms with E-state index in [2.05, 4.69) is 15.5 Å². The Labute approximate surface area is 154 Å². The molecule has 0 bridgehead atoms. The summed E-state index contributed by atoms with van der Waals surface area (Å²) in [6.45, 7) is 5.90. The normalized spacial score (nSPS) is 11.0. The van der Waals surface area contributed by atoms with Crippen molar-refractivity contribution in [3.05, 3.63) is 64.9 Å². The largest absolute Gasteiger partial charge is 0.450 e. The number of hydrogen-bond acceptors (Lipinski definition) is 5. The minimum atomic E-state index is -0.312. The van der Waals surface area contributed by atoms with E-state index in [1.807, 2.05) is 63.2 Å². The molecule has 130 valence electrons. The lowest BCUT2D eigenvalue weighted by Crippen LogP contribution is -2.11. The smallest absolute Gasteiger partial charge is 0.293 e. The number of amides is 1. The first-order valence-electron chi connectivity index (χ1n) is 8.24. The summed E-state index contributed by atoms with van der Waals surface area (Å²) in [5.74, 6) is 0.00197. The first-order chi connectivity index (χ1) is 12.5. The van der Waals surface area contributed by atoms with Gasteiger partial charge in [0.25, 0.3) is 5.91 Å². The quantitative estimate of drug-likeness (QED) is 0.548. The molecule has 2 heterocycles. The molecular formula is C20H17N3O2S. The van der Waals surface area contributed by atoms with Crippen LogP contribution in [0.4, 0.5) is 5.13 Å². The van der Waals surface area contributed by atoms with Crippen LogP contribution >= 0.6 is 11.3 Å². The Kier molecular flexibility index (Phi) is 4.05. The summed E-state index contributed by atoms with van der Waals surface area (Å²) in [5, 5.41) is 13.2. The first kappa shape index (κ1) is 16.5. The Morgan fingerprint density at radius 2 is 1.73 bits per heavy atom. The lowest BCUT2D eigenvalue weighted by Gasteiger charge is -1.99. The van der Waals surface area contributed by atoms with Gasteiger partial charge >= 0.3 is 0 Å². The molecule has 4 aromatic rings.